The maximum Gasteiger partial charge on any atom is 0.261 e. The first-order valence-electron chi connectivity index (χ1n) is 8.20. The highest BCUT2D eigenvalue weighted by molar-refractivity contribution is 7.14. The van der Waals surface area contributed by atoms with Gasteiger partial charge in [-0.1, -0.05) is 20.8 Å². The van der Waals surface area contributed by atoms with E-state index in [9.17, 15) is 4.79 Å². The summed E-state index contributed by atoms with van der Waals surface area (Å²) in [6.07, 6.45) is 7.07. The lowest BCUT2D eigenvalue weighted by molar-refractivity contribution is 0.0953. The molecule has 124 valence electrons. The fourth-order valence-corrected chi connectivity index (χ4v) is 4.31. The fraction of sp³-hybridized carbons (Fsp3) is 0.556. The topological polar surface area (TPSA) is 46.9 Å². The molecule has 0 aliphatic heterocycles. The van der Waals surface area contributed by atoms with Gasteiger partial charge in [0.15, 0.2) is 0 Å². The molecule has 1 aliphatic rings. The van der Waals surface area contributed by atoms with Crippen LogP contribution in [-0.4, -0.2) is 15.5 Å². The second kappa shape index (κ2) is 6.11. The van der Waals surface area contributed by atoms with E-state index in [1.165, 1.54) is 16.9 Å². The maximum absolute atomic E-state index is 12.4. The molecule has 1 amide bonds. The van der Waals surface area contributed by atoms with Crippen LogP contribution in [-0.2, 0) is 26.4 Å². The summed E-state index contributed by atoms with van der Waals surface area (Å²) in [4.78, 5) is 18.9. The standard InChI is InChI=1S/C18H25N3OS/c1-18(2,3)13-5-6-14-12(9-13)10-15(23-14)17(22)20-11-16-19-7-8-21(16)4/h7-8,10,13H,5-6,9,11H2,1-4H3,(H,20,22). The van der Waals surface area contributed by atoms with Crippen molar-refractivity contribution in [3.8, 4) is 0 Å². The lowest BCUT2D eigenvalue weighted by Gasteiger charge is -2.33. The van der Waals surface area contributed by atoms with E-state index in [0.717, 1.165) is 23.5 Å². The van der Waals surface area contributed by atoms with Gasteiger partial charge < -0.3 is 9.88 Å². The fourth-order valence-electron chi connectivity index (χ4n) is 3.19. The van der Waals surface area contributed by atoms with Gasteiger partial charge >= 0.3 is 0 Å². The van der Waals surface area contributed by atoms with Crippen molar-refractivity contribution >= 4 is 17.2 Å². The van der Waals surface area contributed by atoms with Crippen LogP contribution >= 0.6 is 11.3 Å². The SMILES string of the molecule is Cn1ccnc1CNC(=O)c1cc2c(s1)CCC(C(C)(C)C)C2. The zero-order valence-electron chi connectivity index (χ0n) is 14.3. The van der Waals surface area contributed by atoms with Crippen molar-refractivity contribution in [1.82, 2.24) is 14.9 Å². The molecule has 3 rings (SSSR count). The summed E-state index contributed by atoms with van der Waals surface area (Å²) >= 11 is 1.66. The second-order valence-electron chi connectivity index (χ2n) is 7.50. The average Bonchev–Trinajstić information content (AvgIpc) is 3.09. The van der Waals surface area contributed by atoms with Crippen molar-refractivity contribution in [2.75, 3.05) is 0 Å². The Balaban J connectivity index is 1.67. The zero-order chi connectivity index (χ0) is 16.6. The van der Waals surface area contributed by atoms with Gasteiger partial charge in [0.2, 0.25) is 0 Å². The second-order valence-corrected chi connectivity index (χ2v) is 8.64. The van der Waals surface area contributed by atoms with Gasteiger partial charge in [-0.05, 0) is 42.2 Å². The highest BCUT2D eigenvalue weighted by atomic mass is 32.1. The Morgan fingerprint density at radius 1 is 1.48 bits per heavy atom. The number of hydrogen-bond acceptors (Lipinski definition) is 3. The van der Waals surface area contributed by atoms with Crippen molar-refractivity contribution in [2.24, 2.45) is 18.4 Å². The summed E-state index contributed by atoms with van der Waals surface area (Å²) in [6, 6.07) is 2.10. The van der Waals surface area contributed by atoms with E-state index in [0.29, 0.717) is 17.9 Å². The number of rotatable bonds is 3. The minimum absolute atomic E-state index is 0.0136. The van der Waals surface area contributed by atoms with Crippen LogP contribution in [0.25, 0.3) is 0 Å². The van der Waals surface area contributed by atoms with Gasteiger partial charge in [-0.2, -0.15) is 0 Å². The molecule has 0 radical (unpaired) electrons. The third kappa shape index (κ3) is 3.50. The van der Waals surface area contributed by atoms with Crippen molar-refractivity contribution in [2.45, 2.75) is 46.6 Å². The number of imidazole rings is 1. The summed E-state index contributed by atoms with van der Waals surface area (Å²) in [5.74, 6) is 1.58. The summed E-state index contributed by atoms with van der Waals surface area (Å²) < 4.78 is 1.92. The maximum atomic E-state index is 12.4. The predicted octanol–water partition coefficient (Wildman–Crippen LogP) is 3.56. The van der Waals surface area contributed by atoms with E-state index >= 15 is 0 Å². The lowest BCUT2D eigenvalue weighted by Crippen LogP contribution is -2.26. The molecular weight excluding hydrogens is 306 g/mol. The van der Waals surface area contributed by atoms with E-state index in [2.05, 4.69) is 37.1 Å². The molecule has 0 fully saturated rings. The van der Waals surface area contributed by atoms with Crippen molar-refractivity contribution in [3.63, 3.8) is 0 Å². The summed E-state index contributed by atoms with van der Waals surface area (Å²) in [6.45, 7) is 7.41. The minimum Gasteiger partial charge on any atom is -0.344 e. The monoisotopic (exact) mass is 331 g/mol. The van der Waals surface area contributed by atoms with Crippen LogP contribution in [0.2, 0.25) is 0 Å². The van der Waals surface area contributed by atoms with Crippen molar-refractivity contribution < 1.29 is 4.79 Å². The van der Waals surface area contributed by atoms with E-state index < -0.39 is 0 Å². The van der Waals surface area contributed by atoms with Gasteiger partial charge in [0, 0.05) is 24.3 Å². The molecule has 2 aromatic heterocycles. The first kappa shape index (κ1) is 16.2. The molecule has 0 saturated carbocycles. The van der Waals surface area contributed by atoms with Crippen LogP contribution < -0.4 is 5.32 Å². The number of nitrogens with zero attached hydrogens (tertiary/aromatic N) is 2. The van der Waals surface area contributed by atoms with Crippen LogP contribution in [0.3, 0.4) is 0 Å². The van der Waals surface area contributed by atoms with Crippen LogP contribution in [0, 0.1) is 11.3 Å². The molecule has 1 N–H and O–H groups in total. The highest BCUT2D eigenvalue weighted by Gasteiger charge is 2.30. The Bertz CT molecular complexity index is 708. The molecule has 0 spiro atoms. The Hall–Kier alpha value is -1.62. The van der Waals surface area contributed by atoms with E-state index in [1.54, 1.807) is 17.5 Å². The number of carbonyl (C=O) groups excluding carboxylic acids is 1. The van der Waals surface area contributed by atoms with Crippen LogP contribution in [0.15, 0.2) is 18.5 Å². The number of thiophene rings is 1. The summed E-state index contributed by atoms with van der Waals surface area (Å²) in [5.41, 5.74) is 1.71. The largest absolute Gasteiger partial charge is 0.344 e. The molecule has 1 aliphatic carbocycles. The Morgan fingerprint density at radius 3 is 2.91 bits per heavy atom. The molecule has 0 bridgehead atoms. The molecule has 1 atom stereocenters. The summed E-state index contributed by atoms with van der Waals surface area (Å²) in [7, 11) is 1.94. The van der Waals surface area contributed by atoms with Gasteiger partial charge in [0.1, 0.15) is 5.82 Å². The molecule has 2 heterocycles. The molecule has 23 heavy (non-hydrogen) atoms. The van der Waals surface area contributed by atoms with Crippen molar-refractivity contribution in [3.05, 3.63) is 39.6 Å². The molecule has 1 unspecified atom stereocenters. The van der Waals surface area contributed by atoms with Crippen LogP contribution in [0.4, 0.5) is 0 Å². The molecule has 2 aromatic rings. The quantitative estimate of drug-likeness (QED) is 0.935. The Labute approximate surface area is 141 Å². The molecule has 0 saturated heterocycles. The van der Waals surface area contributed by atoms with Gasteiger partial charge in [-0.25, -0.2) is 4.98 Å². The van der Waals surface area contributed by atoms with E-state index in [4.69, 9.17) is 0 Å². The minimum atomic E-state index is 0.0136. The number of aryl methyl sites for hydroxylation is 2. The Kier molecular flexibility index (Phi) is 4.32. The first-order chi connectivity index (χ1) is 10.8. The molecular formula is C18H25N3OS. The summed E-state index contributed by atoms with van der Waals surface area (Å²) in [5, 5.41) is 2.98. The normalized spacial score (nSPS) is 17.8. The Morgan fingerprint density at radius 2 is 2.26 bits per heavy atom. The third-order valence-corrected chi connectivity index (χ3v) is 6.10. The number of amides is 1. The van der Waals surface area contributed by atoms with E-state index in [1.807, 2.05) is 17.8 Å². The van der Waals surface area contributed by atoms with Gasteiger partial charge in [-0.15, -0.1) is 11.3 Å². The van der Waals surface area contributed by atoms with Gasteiger partial charge in [0.25, 0.3) is 5.91 Å². The van der Waals surface area contributed by atoms with Gasteiger partial charge in [-0.3, -0.25) is 4.79 Å². The third-order valence-electron chi connectivity index (χ3n) is 4.86. The lowest BCUT2D eigenvalue weighted by atomic mass is 9.72. The number of carbonyl (C=O) groups is 1. The van der Waals surface area contributed by atoms with Crippen molar-refractivity contribution in [1.29, 1.82) is 0 Å². The highest BCUT2D eigenvalue weighted by Crippen LogP contribution is 2.40. The first-order valence-corrected chi connectivity index (χ1v) is 9.02. The predicted molar refractivity (Wildman–Crippen MR) is 93.7 cm³/mol. The molecule has 4 nitrogen and oxygen atoms in total. The smallest absolute Gasteiger partial charge is 0.261 e. The molecule has 0 aromatic carbocycles. The number of hydrogen-bond donors (Lipinski definition) is 1. The van der Waals surface area contributed by atoms with Gasteiger partial charge in [0.05, 0.1) is 11.4 Å². The number of aromatic nitrogens is 2. The number of nitrogens with one attached hydrogen (secondary N) is 1. The number of fused-ring (bicyclic) bond motifs is 1. The zero-order valence-corrected chi connectivity index (χ0v) is 15.2. The molecule has 5 heteroatoms. The van der Waals surface area contributed by atoms with Crippen LogP contribution in [0.1, 0.15) is 53.1 Å². The van der Waals surface area contributed by atoms with Crippen LogP contribution in [0.5, 0.6) is 0 Å². The average molecular weight is 331 g/mol. The van der Waals surface area contributed by atoms with E-state index in [-0.39, 0.29) is 5.91 Å².